The van der Waals surface area contributed by atoms with Crippen molar-refractivity contribution in [1.29, 1.82) is 0 Å². The summed E-state index contributed by atoms with van der Waals surface area (Å²) in [5.41, 5.74) is 2.87. The predicted molar refractivity (Wildman–Crippen MR) is 136 cm³/mol. The third-order valence-corrected chi connectivity index (χ3v) is 6.59. The van der Waals surface area contributed by atoms with Crippen molar-refractivity contribution in [3.05, 3.63) is 104 Å². The molecule has 3 aromatic carbocycles. The Morgan fingerprint density at radius 2 is 1.86 bits per heavy atom. The van der Waals surface area contributed by atoms with Crippen molar-refractivity contribution in [2.45, 2.75) is 12.6 Å². The minimum atomic E-state index is -0.747. The van der Waals surface area contributed by atoms with E-state index in [-0.39, 0.29) is 30.6 Å². The van der Waals surface area contributed by atoms with Crippen LogP contribution >= 0.6 is 15.9 Å². The molecular formula is C26H20BrFN4O5. The van der Waals surface area contributed by atoms with Crippen molar-refractivity contribution in [2.75, 3.05) is 13.2 Å². The van der Waals surface area contributed by atoms with E-state index in [0.29, 0.717) is 28.8 Å². The van der Waals surface area contributed by atoms with Crippen molar-refractivity contribution in [3.63, 3.8) is 0 Å². The van der Waals surface area contributed by atoms with Crippen molar-refractivity contribution in [2.24, 2.45) is 0 Å². The van der Waals surface area contributed by atoms with Gasteiger partial charge in [0.1, 0.15) is 18.1 Å². The van der Waals surface area contributed by atoms with Crippen LogP contribution in [0.15, 0.2) is 77.4 Å². The molecule has 0 saturated carbocycles. The summed E-state index contributed by atoms with van der Waals surface area (Å²) in [5, 5.41) is 25.7. The zero-order chi connectivity index (χ0) is 26.1. The summed E-state index contributed by atoms with van der Waals surface area (Å²) in [4.78, 5) is 24.7. The standard InChI is InChI=1S/C26H20BrFN4O5/c27-18-4-8-20(9-5-18)31-14-21(25(29-31)17-2-6-19(28)7-3-17)26-30(24(34)15-37-26)12-11-16-1-10-22(32(35)36)23(33)13-16/h1-10,13-14,26,33H,11-12,15H2. The number of phenols is 1. The van der Waals surface area contributed by atoms with Crippen LogP contribution in [0.1, 0.15) is 17.4 Å². The molecule has 1 saturated heterocycles. The summed E-state index contributed by atoms with van der Waals surface area (Å²) < 4.78 is 22.1. The molecule has 9 nitrogen and oxygen atoms in total. The lowest BCUT2D eigenvalue weighted by Crippen LogP contribution is -2.30. The minimum absolute atomic E-state index is 0.123. The van der Waals surface area contributed by atoms with Gasteiger partial charge in [-0.1, -0.05) is 22.0 Å². The van der Waals surface area contributed by atoms with E-state index in [2.05, 4.69) is 15.9 Å². The summed E-state index contributed by atoms with van der Waals surface area (Å²) in [5.74, 6) is -1.03. The van der Waals surface area contributed by atoms with Crippen molar-refractivity contribution >= 4 is 27.5 Å². The number of rotatable bonds is 7. The summed E-state index contributed by atoms with van der Waals surface area (Å²) in [6.45, 7) is 0.121. The lowest BCUT2D eigenvalue weighted by Gasteiger charge is -2.23. The van der Waals surface area contributed by atoms with E-state index in [4.69, 9.17) is 9.84 Å². The Hall–Kier alpha value is -4.09. The maximum Gasteiger partial charge on any atom is 0.310 e. The molecule has 0 radical (unpaired) electrons. The number of hydrogen-bond acceptors (Lipinski definition) is 6. The second-order valence-corrected chi connectivity index (χ2v) is 9.36. The first-order valence-corrected chi connectivity index (χ1v) is 12.1. The Kier molecular flexibility index (Phi) is 6.72. The zero-order valence-corrected chi connectivity index (χ0v) is 20.8. The monoisotopic (exact) mass is 566 g/mol. The van der Waals surface area contributed by atoms with Crippen LogP contribution in [0.5, 0.6) is 5.75 Å². The number of amides is 1. The number of nitrogens with zero attached hydrogens (tertiary/aromatic N) is 4. The Morgan fingerprint density at radius 1 is 1.14 bits per heavy atom. The number of nitro benzene ring substituents is 1. The number of carbonyl (C=O) groups excluding carboxylic acids is 1. The molecule has 37 heavy (non-hydrogen) atoms. The molecule has 11 heteroatoms. The number of hydrogen-bond donors (Lipinski definition) is 1. The topological polar surface area (TPSA) is 111 Å². The molecule has 1 N–H and O–H groups in total. The van der Waals surface area contributed by atoms with Gasteiger partial charge in [-0.15, -0.1) is 0 Å². The van der Waals surface area contributed by atoms with Gasteiger partial charge in [-0.3, -0.25) is 14.9 Å². The molecule has 1 aromatic heterocycles. The molecule has 1 unspecified atom stereocenters. The van der Waals surface area contributed by atoms with E-state index in [1.807, 2.05) is 24.3 Å². The molecule has 0 aliphatic carbocycles. The third-order valence-electron chi connectivity index (χ3n) is 6.06. The zero-order valence-electron chi connectivity index (χ0n) is 19.3. The maximum atomic E-state index is 13.6. The molecule has 1 amide bonds. The number of phenolic OH excluding ortho intramolecular Hbond substituents is 1. The lowest BCUT2D eigenvalue weighted by atomic mass is 10.1. The average Bonchev–Trinajstić information content (AvgIpc) is 3.47. The summed E-state index contributed by atoms with van der Waals surface area (Å²) in [6, 6.07) is 17.6. The van der Waals surface area contributed by atoms with Gasteiger partial charge in [0.2, 0.25) is 0 Å². The minimum Gasteiger partial charge on any atom is -0.502 e. The SMILES string of the molecule is O=C1COC(c2cn(-c3ccc(Br)cc3)nc2-c2ccc(F)cc2)N1CCc1ccc([N+](=O)[O-])c(O)c1. The number of benzene rings is 3. The van der Waals surface area contributed by atoms with Gasteiger partial charge in [0, 0.05) is 34.4 Å². The molecule has 1 aliphatic rings. The first-order valence-electron chi connectivity index (χ1n) is 11.3. The van der Waals surface area contributed by atoms with Crippen LogP contribution in [0, 0.1) is 15.9 Å². The second-order valence-electron chi connectivity index (χ2n) is 8.44. The smallest absolute Gasteiger partial charge is 0.310 e. The van der Waals surface area contributed by atoms with Gasteiger partial charge in [0.15, 0.2) is 12.0 Å². The van der Waals surface area contributed by atoms with Crippen LogP contribution < -0.4 is 0 Å². The number of aromatic hydroxyl groups is 1. The largest absolute Gasteiger partial charge is 0.502 e. The van der Waals surface area contributed by atoms with Crippen molar-refractivity contribution in [1.82, 2.24) is 14.7 Å². The van der Waals surface area contributed by atoms with Gasteiger partial charge in [-0.2, -0.15) is 5.10 Å². The third kappa shape index (κ3) is 5.09. The molecule has 5 rings (SSSR count). The lowest BCUT2D eigenvalue weighted by molar-refractivity contribution is -0.385. The maximum absolute atomic E-state index is 13.6. The highest BCUT2D eigenvalue weighted by molar-refractivity contribution is 9.10. The van der Waals surface area contributed by atoms with E-state index in [1.54, 1.807) is 34.0 Å². The molecule has 4 aromatic rings. The number of halogens is 2. The number of ether oxygens (including phenoxy) is 1. The van der Waals surface area contributed by atoms with Gasteiger partial charge < -0.3 is 14.7 Å². The van der Waals surface area contributed by atoms with E-state index in [1.165, 1.54) is 24.3 Å². The van der Waals surface area contributed by atoms with Gasteiger partial charge in [0.05, 0.1) is 10.6 Å². The Bertz CT molecular complexity index is 1470. The Balaban J connectivity index is 1.47. The Labute approximate surface area is 219 Å². The van der Waals surface area contributed by atoms with Crippen LogP contribution in [0.3, 0.4) is 0 Å². The molecule has 2 heterocycles. The van der Waals surface area contributed by atoms with Crippen LogP contribution in [-0.4, -0.2) is 43.8 Å². The number of aromatic nitrogens is 2. The van der Waals surface area contributed by atoms with Crippen LogP contribution in [0.25, 0.3) is 16.9 Å². The fourth-order valence-electron chi connectivity index (χ4n) is 4.21. The molecular weight excluding hydrogens is 547 g/mol. The normalized spacial score (nSPS) is 15.4. The van der Waals surface area contributed by atoms with Crippen LogP contribution in [0.4, 0.5) is 10.1 Å². The van der Waals surface area contributed by atoms with E-state index >= 15 is 0 Å². The van der Waals surface area contributed by atoms with Crippen molar-refractivity contribution in [3.8, 4) is 22.7 Å². The fraction of sp³-hybridized carbons (Fsp3) is 0.154. The molecule has 188 valence electrons. The predicted octanol–water partition coefficient (Wildman–Crippen LogP) is 5.15. The van der Waals surface area contributed by atoms with Gasteiger partial charge in [-0.05, 0) is 66.6 Å². The highest BCUT2D eigenvalue weighted by atomic mass is 79.9. The quantitative estimate of drug-likeness (QED) is 0.244. The van der Waals surface area contributed by atoms with E-state index in [0.717, 1.165) is 10.2 Å². The average molecular weight is 567 g/mol. The highest BCUT2D eigenvalue weighted by Gasteiger charge is 2.36. The van der Waals surface area contributed by atoms with Crippen LogP contribution in [0.2, 0.25) is 0 Å². The first kappa shape index (κ1) is 24.6. The van der Waals surface area contributed by atoms with Gasteiger partial charge in [0.25, 0.3) is 5.91 Å². The van der Waals surface area contributed by atoms with Gasteiger partial charge >= 0.3 is 5.69 Å². The second kappa shape index (κ2) is 10.1. The van der Waals surface area contributed by atoms with E-state index < -0.39 is 16.9 Å². The molecule has 0 spiro atoms. The Morgan fingerprint density at radius 3 is 2.54 bits per heavy atom. The highest BCUT2D eigenvalue weighted by Crippen LogP contribution is 2.36. The summed E-state index contributed by atoms with van der Waals surface area (Å²) >= 11 is 3.42. The van der Waals surface area contributed by atoms with Gasteiger partial charge in [-0.25, -0.2) is 9.07 Å². The first-order chi connectivity index (χ1) is 17.8. The van der Waals surface area contributed by atoms with Crippen LogP contribution in [-0.2, 0) is 16.0 Å². The molecule has 1 atom stereocenters. The molecule has 0 bridgehead atoms. The van der Waals surface area contributed by atoms with Crippen molar-refractivity contribution < 1.29 is 24.0 Å². The summed E-state index contributed by atoms with van der Waals surface area (Å²) in [6.07, 6.45) is 1.38. The fourth-order valence-corrected chi connectivity index (χ4v) is 4.47. The molecule has 1 aliphatic heterocycles. The number of carbonyl (C=O) groups is 1. The van der Waals surface area contributed by atoms with E-state index in [9.17, 15) is 24.4 Å². The number of nitro groups is 1. The summed E-state index contributed by atoms with van der Waals surface area (Å²) in [7, 11) is 0. The molecule has 1 fully saturated rings.